The lowest BCUT2D eigenvalue weighted by molar-refractivity contribution is 0.296. The summed E-state index contributed by atoms with van der Waals surface area (Å²) >= 11 is 0. The Labute approximate surface area is 111 Å². The zero-order chi connectivity index (χ0) is 12.8. The molecule has 0 aromatic heterocycles. The molecule has 0 aliphatic heterocycles. The van der Waals surface area contributed by atoms with E-state index in [2.05, 4.69) is 24.3 Å². The van der Waals surface area contributed by atoms with Gasteiger partial charge in [-0.3, -0.25) is 0 Å². The summed E-state index contributed by atoms with van der Waals surface area (Å²) in [5.41, 5.74) is 7.24. The number of hydrogen-bond donors (Lipinski definition) is 1. The Morgan fingerprint density at radius 2 is 1.83 bits per heavy atom. The summed E-state index contributed by atoms with van der Waals surface area (Å²) in [6.07, 6.45) is 8.04. The molecule has 2 N–H and O–H groups in total. The van der Waals surface area contributed by atoms with E-state index in [-0.39, 0.29) is 0 Å². The topological polar surface area (TPSA) is 35.2 Å². The lowest BCUT2D eigenvalue weighted by Gasteiger charge is -2.30. The van der Waals surface area contributed by atoms with E-state index in [0.29, 0.717) is 5.92 Å². The Hall–Kier alpha value is -1.02. The maximum absolute atomic E-state index is 5.80. The highest BCUT2D eigenvalue weighted by Crippen LogP contribution is 2.38. The number of methoxy groups -OCH3 is 1. The van der Waals surface area contributed by atoms with Crippen LogP contribution in [-0.2, 0) is 0 Å². The minimum Gasteiger partial charge on any atom is -0.497 e. The van der Waals surface area contributed by atoms with Crippen LogP contribution in [-0.4, -0.2) is 13.7 Å². The molecule has 0 radical (unpaired) electrons. The van der Waals surface area contributed by atoms with Crippen LogP contribution in [0.1, 0.15) is 50.0 Å². The summed E-state index contributed by atoms with van der Waals surface area (Å²) in [6.45, 7) is 0.785. The molecule has 0 saturated heterocycles. The van der Waals surface area contributed by atoms with Crippen LogP contribution in [0.25, 0.3) is 0 Å². The summed E-state index contributed by atoms with van der Waals surface area (Å²) in [5.74, 6) is 2.41. The third-order valence-electron chi connectivity index (χ3n) is 4.24. The van der Waals surface area contributed by atoms with Gasteiger partial charge < -0.3 is 10.5 Å². The molecule has 2 rings (SSSR count). The van der Waals surface area contributed by atoms with E-state index in [9.17, 15) is 0 Å². The number of hydrogen-bond acceptors (Lipinski definition) is 2. The van der Waals surface area contributed by atoms with E-state index in [0.717, 1.165) is 24.6 Å². The minimum absolute atomic E-state index is 0.640. The van der Waals surface area contributed by atoms with Crippen LogP contribution in [0.15, 0.2) is 24.3 Å². The maximum atomic E-state index is 5.80. The van der Waals surface area contributed by atoms with Crippen molar-refractivity contribution in [2.24, 2.45) is 11.7 Å². The Bertz CT molecular complexity index is 341. The van der Waals surface area contributed by atoms with Gasteiger partial charge in [-0.15, -0.1) is 0 Å². The van der Waals surface area contributed by atoms with Crippen LogP contribution in [0.3, 0.4) is 0 Å². The summed E-state index contributed by atoms with van der Waals surface area (Å²) in [6, 6.07) is 8.57. The molecule has 1 aliphatic rings. The second kappa shape index (κ2) is 6.79. The molecule has 2 nitrogen and oxygen atoms in total. The van der Waals surface area contributed by atoms with Crippen molar-refractivity contribution in [3.05, 3.63) is 29.8 Å². The first-order valence-electron chi connectivity index (χ1n) is 7.19. The molecule has 1 aromatic carbocycles. The van der Waals surface area contributed by atoms with Crippen LogP contribution in [0.2, 0.25) is 0 Å². The monoisotopic (exact) mass is 247 g/mol. The Kier molecular flexibility index (Phi) is 5.06. The quantitative estimate of drug-likeness (QED) is 0.861. The van der Waals surface area contributed by atoms with Crippen LogP contribution >= 0.6 is 0 Å². The van der Waals surface area contributed by atoms with Crippen molar-refractivity contribution in [3.63, 3.8) is 0 Å². The van der Waals surface area contributed by atoms with Crippen molar-refractivity contribution in [3.8, 4) is 5.75 Å². The summed E-state index contributed by atoms with van der Waals surface area (Å²) < 4.78 is 5.23. The highest BCUT2D eigenvalue weighted by Gasteiger charge is 2.24. The van der Waals surface area contributed by atoms with Gasteiger partial charge in [0.1, 0.15) is 5.75 Å². The van der Waals surface area contributed by atoms with Crippen LogP contribution in [0.5, 0.6) is 5.75 Å². The second-order valence-electron chi connectivity index (χ2n) is 5.36. The molecular formula is C16H25NO. The fourth-order valence-corrected chi connectivity index (χ4v) is 3.24. The van der Waals surface area contributed by atoms with Crippen molar-refractivity contribution in [1.29, 1.82) is 0 Å². The molecule has 1 aromatic rings. The van der Waals surface area contributed by atoms with Crippen molar-refractivity contribution >= 4 is 0 Å². The first kappa shape index (κ1) is 13.4. The summed E-state index contributed by atoms with van der Waals surface area (Å²) in [5, 5.41) is 0. The predicted octanol–water partition coefficient (Wildman–Crippen LogP) is 3.71. The van der Waals surface area contributed by atoms with Gasteiger partial charge in [-0.05, 0) is 55.3 Å². The van der Waals surface area contributed by atoms with Crippen LogP contribution in [0, 0.1) is 5.92 Å². The molecule has 1 fully saturated rings. The SMILES string of the molecule is COc1ccc(C(CCN)C2CCCCC2)cc1. The normalized spacial score (nSPS) is 18.6. The zero-order valence-electron chi connectivity index (χ0n) is 11.4. The predicted molar refractivity (Wildman–Crippen MR) is 76.0 cm³/mol. The van der Waals surface area contributed by atoms with Gasteiger partial charge in [-0.1, -0.05) is 31.4 Å². The molecule has 0 bridgehead atoms. The van der Waals surface area contributed by atoms with Crippen molar-refractivity contribution in [2.75, 3.05) is 13.7 Å². The summed E-state index contributed by atoms with van der Waals surface area (Å²) in [4.78, 5) is 0. The van der Waals surface area contributed by atoms with Crippen molar-refractivity contribution in [2.45, 2.75) is 44.4 Å². The highest BCUT2D eigenvalue weighted by molar-refractivity contribution is 5.29. The lowest BCUT2D eigenvalue weighted by atomic mass is 9.75. The minimum atomic E-state index is 0.640. The molecule has 0 spiro atoms. The molecule has 1 unspecified atom stereocenters. The van der Waals surface area contributed by atoms with E-state index in [4.69, 9.17) is 10.5 Å². The van der Waals surface area contributed by atoms with E-state index in [1.807, 2.05) is 0 Å². The molecule has 1 aliphatic carbocycles. The van der Waals surface area contributed by atoms with Gasteiger partial charge in [0, 0.05) is 0 Å². The number of rotatable bonds is 5. The second-order valence-corrected chi connectivity index (χ2v) is 5.36. The van der Waals surface area contributed by atoms with Crippen LogP contribution < -0.4 is 10.5 Å². The number of ether oxygens (including phenoxy) is 1. The first-order chi connectivity index (χ1) is 8.85. The van der Waals surface area contributed by atoms with Gasteiger partial charge in [-0.2, -0.15) is 0 Å². The Morgan fingerprint density at radius 1 is 1.17 bits per heavy atom. The van der Waals surface area contributed by atoms with E-state index < -0.39 is 0 Å². The smallest absolute Gasteiger partial charge is 0.118 e. The maximum Gasteiger partial charge on any atom is 0.118 e. The Morgan fingerprint density at radius 3 is 2.39 bits per heavy atom. The molecule has 0 heterocycles. The van der Waals surface area contributed by atoms with Crippen molar-refractivity contribution < 1.29 is 4.74 Å². The van der Waals surface area contributed by atoms with Crippen LogP contribution in [0.4, 0.5) is 0 Å². The molecule has 2 heteroatoms. The van der Waals surface area contributed by atoms with E-state index >= 15 is 0 Å². The average Bonchev–Trinajstić information content (AvgIpc) is 2.46. The largest absolute Gasteiger partial charge is 0.497 e. The lowest BCUT2D eigenvalue weighted by Crippen LogP contribution is -2.19. The van der Waals surface area contributed by atoms with Gasteiger partial charge in [0.15, 0.2) is 0 Å². The number of benzene rings is 1. The molecule has 1 saturated carbocycles. The fourth-order valence-electron chi connectivity index (χ4n) is 3.24. The molecule has 100 valence electrons. The van der Waals surface area contributed by atoms with E-state index in [1.54, 1.807) is 7.11 Å². The molecular weight excluding hydrogens is 222 g/mol. The molecule has 1 atom stereocenters. The van der Waals surface area contributed by atoms with Gasteiger partial charge in [0.05, 0.1) is 7.11 Å². The highest BCUT2D eigenvalue weighted by atomic mass is 16.5. The summed E-state index contributed by atoms with van der Waals surface area (Å²) in [7, 11) is 1.72. The zero-order valence-corrected chi connectivity index (χ0v) is 11.4. The molecule has 18 heavy (non-hydrogen) atoms. The van der Waals surface area contributed by atoms with Gasteiger partial charge >= 0.3 is 0 Å². The number of nitrogens with two attached hydrogens (primary N) is 1. The first-order valence-corrected chi connectivity index (χ1v) is 7.19. The van der Waals surface area contributed by atoms with Gasteiger partial charge in [0.2, 0.25) is 0 Å². The third kappa shape index (κ3) is 3.26. The third-order valence-corrected chi connectivity index (χ3v) is 4.24. The van der Waals surface area contributed by atoms with Gasteiger partial charge in [0.25, 0.3) is 0 Å². The molecule has 0 amide bonds. The average molecular weight is 247 g/mol. The Balaban J connectivity index is 2.11. The van der Waals surface area contributed by atoms with Gasteiger partial charge in [-0.25, -0.2) is 0 Å². The van der Waals surface area contributed by atoms with E-state index in [1.165, 1.54) is 37.7 Å². The standard InChI is InChI=1S/C16H25NO/c1-18-15-9-7-14(8-10-15)16(11-12-17)13-5-3-2-4-6-13/h7-10,13,16H,2-6,11-12,17H2,1H3. The van der Waals surface area contributed by atoms with Crippen molar-refractivity contribution in [1.82, 2.24) is 0 Å². The fraction of sp³-hybridized carbons (Fsp3) is 0.625.